The number of nitrogens with zero attached hydrogens (tertiary/aromatic N) is 1. The lowest BCUT2D eigenvalue weighted by atomic mass is 10.2. The largest absolute Gasteiger partial charge is 0.494 e. The monoisotopic (exact) mass is 279 g/mol. The Kier molecular flexibility index (Phi) is 6.95. The third-order valence-electron chi connectivity index (χ3n) is 2.70. The first kappa shape index (κ1) is 15.8. The smallest absolute Gasteiger partial charge is 0.251 e. The molecular weight excluding hydrogens is 258 g/mol. The summed E-state index contributed by atoms with van der Waals surface area (Å²) in [5.41, 5.74) is 5.95. The Morgan fingerprint density at radius 1 is 1.35 bits per heavy atom. The summed E-state index contributed by atoms with van der Waals surface area (Å²) in [6, 6.07) is 7.01. The minimum absolute atomic E-state index is 0.114. The van der Waals surface area contributed by atoms with Crippen LogP contribution in [0.1, 0.15) is 36.5 Å². The fourth-order valence-electron chi connectivity index (χ4n) is 1.65. The zero-order chi connectivity index (χ0) is 14.8. The molecule has 1 rings (SSSR count). The van der Waals surface area contributed by atoms with Crippen molar-refractivity contribution in [2.45, 2.75) is 26.2 Å². The van der Waals surface area contributed by atoms with E-state index in [1.165, 1.54) is 0 Å². The number of carbonyl (C=O) groups excluding carboxylic acids is 1. The molecule has 0 saturated carbocycles. The molecular formula is C14H21N3O3. The number of hydrogen-bond acceptors (Lipinski definition) is 4. The van der Waals surface area contributed by atoms with Gasteiger partial charge in [-0.1, -0.05) is 5.16 Å². The van der Waals surface area contributed by atoms with Crippen LogP contribution in [-0.2, 0) is 0 Å². The molecule has 1 aromatic rings. The number of benzene rings is 1. The van der Waals surface area contributed by atoms with Crippen molar-refractivity contribution in [2.24, 2.45) is 10.9 Å². The van der Waals surface area contributed by atoms with Crippen LogP contribution in [0.5, 0.6) is 5.75 Å². The van der Waals surface area contributed by atoms with Crippen molar-refractivity contribution in [3.8, 4) is 5.75 Å². The molecule has 0 radical (unpaired) electrons. The fraction of sp³-hybridized carbons (Fsp3) is 0.429. The number of rotatable bonds is 8. The van der Waals surface area contributed by atoms with Crippen molar-refractivity contribution < 1.29 is 14.7 Å². The first-order chi connectivity index (χ1) is 9.67. The summed E-state index contributed by atoms with van der Waals surface area (Å²) in [7, 11) is 0. The van der Waals surface area contributed by atoms with Crippen LogP contribution in [0.4, 0.5) is 0 Å². The van der Waals surface area contributed by atoms with Gasteiger partial charge in [-0.2, -0.15) is 0 Å². The lowest BCUT2D eigenvalue weighted by Crippen LogP contribution is -2.24. The second-order valence-corrected chi connectivity index (χ2v) is 4.26. The standard InChI is InChI=1S/C14H21N3O3/c1-2-20-12-8-6-11(7-9-12)14(18)16-10-4-3-5-13(15)17-19/h6-9,19H,2-5,10H2,1H3,(H2,15,17)(H,16,18). The van der Waals surface area contributed by atoms with Crippen LogP contribution in [0.25, 0.3) is 0 Å². The molecule has 1 amide bonds. The van der Waals surface area contributed by atoms with Gasteiger partial charge in [-0.05, 0) is 44.0 Å². The topological polar surface area (TPSA) is 96.9 Å². The lowest BCUT2D eigenvalue weighted by molar-refractivity contribution is 0.0953. The Hall–Kier alpha value is -2.24. The first-order valence-corrected chi connectivity index (χ1v) is 6.64. The molecule has 20 heavy (non-hydrogen) atoms. The van der Waals surface area contributed by atoms with Crippen LogP contribution in [0.15, 0.2) is 29.4 Å². The summed E-state index contributed by atoms with van der Waals surface area (Å²) >= 11 is 0. The van der Waals surface area contributed by atoms with E-state index in [1.54, 1.807) is 24.3 Å². The SMILES string of the molecule is CCOc1ccc(C(=O)NCCCCC(N)=NO)cc1. The quantitative estimate of drug-likeness (QED) is 0.222. The summed E-state index contributed by atoms with van der Waals surface area (Å²) in [5, 5.41) is 14.1. The molecule has 0 saturated heterocycles. The zero-order valence-corrected chi connectivity index (χ0v) is 11.6. The van der Waals surface area contributed by atoms with Crippen molar-refractivity contribution in [3.05, 3.63) is 29.8 Å². The van der Waals surface area contributed by atoms with Gasteiger partial charge in [0, 0.05) is 18.5 Å². The normalized spacial score (nSPS) is 11.2. The van der Waals surface area contributed by atoms with E-state index in [0.717, 1.165) is 18.6 Å². The van der Waals surface area contributed by atoms with Gasteiger partial charge in [0.25, 0.3) is 5.91 Å². The fourth-order valence-corrected chi connectivity index (χ4v) is 1.65. The number of amides is 1. The van der Waals surface area contributed by atoms with E-state index in [4.69, 9.17) is 15.7 Å². The lowest BCUT2D eigenvalue weighted by Gasteiger charge is -2.06. The van der Waals surface area contributed by atoms with E-state index in [2.05, 4.69) is 10.5 Å². The average Bonchev–Trinajstić information content (AvgIpc) is 2.47. The summed E-state index contributed by atoms with van der Waals surface area (Å²) in [5.74, 6) is 0.850. The molecule has 0 aliphatic carbocycles. The third kappa shape index (κ3) is 5.60. The van der Waals surface area contributed by atoms with Crippen molar-refractivity contribution in [2.75, 3.05) is 13.2 Å². The Labute approximate surface area is 118 Å². The van der Waals surface area contributed by atoms with Crippen molar-refractivity contribution in [1.29, 1.82) is 0 Å². The first-order valence-electron chi connectivity index (χ1n) is 6.64. The van der Waals surface area contributed by atoms with E-state index in [-0.39, 0.29) is 11.7 Å². The number of amidine groups is 1. The molecule has 110 valence electrons. The van der Waals surface area contributed by atoms with E-state index < -0.39 is 0 Å². The Morgan fingerprint density at radius 2 is 2.05 bits per heavy atom. The molecule has 0 heterocycles. The molecule has 0 atom stereocenters. The molecule has 0 aromatic heterocycles. The molecule has 1 aromatic carbocycles. The van der Waals surface area contributed by atoms with Gasteiger partial charge in [0.2, 0.25) is 0 Å². The number of nitrogens with one attached hydrogen (secondary N) is 1. The maximum absolute atomic E-state index is 11.8. The van der Waals surface area contributed by atoms with Crippen LogP contribution in [0.2, 0.25) is 0 Å². The van der Waals surface area contributed by atoms with Crippen molar-refractivity contribution >= 4 is 11.7 Å². The number of unbranched alkanes of at least 4 members (excludes halogenated alkanes) is 1. The van der Waals surface area contributed by atoms with Gasteiger partial charge >= 0.3 is 0 Å². The maximum atomic E-state index is 11.8. The van der Waals surface area contributed by atoms with E-state index >= 15 is 0 Å². The van der Waals surface area contributed by atoms with Gasteiger partial charge < -0.3 is 21.0 Å². The molecule has 0 bridgehead atoms. The van der Waals surface area contributed by atoms with Crippen LogP contribution in [0.3, 0.4) is 0 Å². The van der Waals surface area contributed by atoms with Gasteiger partial charge in [0.1, 0.15) is 11.6 Å². The molecule has 0 fully saturated rings. The van der Waals surface area contributed by atoms with Gasteiger partial charge in [0.05, 0.1) is 6.61 Å². The highest BCUT2D eigenvalue weighted by Gasteiger charge is 2.04. The van der Waals surface area contributed by atoms with Gasteiger partial charge in [0.15, 0.2) is 0 Å². The highest BCUT2D eigenvalue weighted by molar-refractivity contribution is 5.94. The van der Waals surface area contributed by atoms with Crippen LogP contribution >= 0.6 is 0 Å². The highest BCUT2D eigenvalue weighted by atomic mass is 16.5. The molecule has 4 N–H and O–H groups in total. The van der Waals surface area contributed by atoms with E-state index in [0.29, 0.717) is 25.1 Å². The number of ether oxygens (including phenoxy) is 1. The van der Waals surface area contributed by atoms with Crippen LogP contribution < -0.4 is 15.8 Å². The van der Waals surface area contributed by atoms with Crippen molar-refractivity contribution in [3.63, 3.8) is 0 Å². The van der Waals surface area contributed by atoms with Gasteiger partial charge in [-0.25, -0.2) is 0 Å². The summed E-state index contributed by atoms with van der Waals surface area (Å²) in [6.45, 7) is 3.07. The molecule has 0 aliphatic heterocycles. The third-order valence-corrected chi connectivity index (χ3v) is 2.70. The molecule has 0 spiro atoms. The predicted molar refractivity (Wildman–Crippen MR) is 77.2 cm³/mol. The Balaban J connectivity index is 2.28. The minimum Gasteiger partial charge on any atom is -0.494 e. The molecule has 0 aliphatic rings. The van der Waals surface area contributed by atoms with Gasteiger partial charge in [-0.3, -0.25) is 4.79 Å². The number of nitrogens with two attached hydrogens (primary N) is 1. The van der Waals surface area contributed by atoms with Gasteiger partial charge in [-0.15, -0.1) is 0 Å². The summed E-state index contributed by atoms with van der Waals surface area (Å²) < 4.78 is 5.31. The maximum Gasteiger partial charge on any atom is 0.251 e. The molecule has 6 nitrogen and oxygen atoms in total. The highest BCUT2D eigenvalue weighted by Crippen LogP contribution is 2.11. The van der Waals surface area contributed by atoms with Crippen molar-refractivity contribution in [1.82, 2.24) is 5.32 Å². The number of carbonyl (C=O) groups is 1. The van der Waals surface area contributed by atoms with E-state index in [1.807, 2.05) is 6.92 Å². The Bertz CT molecular complexity index is 443. The average molecular weight is 279 g/mol. The minimum atomic E-state index is -0.114. The Morgan fingerprint density at radius 3 is 2.65 bits per heavy atom. The second-order valence-electron chi connectivity index (χ2n) is 4.26. The molecule has 6 heteroatoms. The van der Waals surface area contributed by atoms with Crippen LogP contribution in [-0.4, -0.2) is 30.1 Å². The summed E-state index contributed by atoms with van der Waals surface area (Å²) in [4.78, 5) is 11.8. The zero-order valence-electron chi connectivity index (χ0n) is 11.6. The molecule has 0 unspecified atom stereocenters. The predicted octanol–water partition coefficient (Wildman–Crippen LogP) is 1.73. The van der Waals surface area contributed by atoms with E-state index in [9.17, 15) is 4.79 Å². The summed E-state index contributed by atoms with van der Waals surface area (Å²) in [6.07, 6.45) is 2.06. The number of oxime groups is 1. The number of hydrogen-bond donors (Lipinski definition) is 3. The van der Waals surface area contributed by atoms with Crippen LogP contribution in [0, 0.1) is 0 Å². The second kappa shape index (κ2) is 8.79.